The lowest BCUT2D eigenvalue weighted by Gasteiger charge is -2.19. The number of hydrogen-bond donors (Lipinski definition) is 2. The number of nitrogens with two attached hydrogens (primary N) is 1. The first-order chi connectivity index (χ1) is 16.5. The molecule has 2 aromatic heterocycles. The molecule has 3 rings (SSSR count). The lowest BCUT2D eigenvalue weighted by atomic mass is 9.87. The predicted octanol–water partition coefficient (Wildman–Crippen LogP) is 5.44. The number of furan rings is 1. The maximum absolute atomic E-state index is 12.8. The Balaban J connectivity index is 1.70. The van der Waals surface area contributed by atoms with E-state index >= 15 is 0 Å². The second-order valence-corrected chi connectivity index (χ2v) is 10.1. The van der Waals surface area contributed by atoms with Crippen molar-refractivity contribution in [3.05, 3.63) is 69.5 Å². The summed E-state index contributed by atoms with van der Waals surface area (Å²) in [5.41, 5.74) is 7.15. The van der Waals surface area contributed by atoms with Gasteiger partial charge in [0.2, 0.25) is 0 Å². The molecule has 2 amide bonds. The number of primary amides is 1. The van der Waals surface area contributed by atoms with Gasteiger partial charge in [0, 0.05) is 0 Å². The van der Waals surface area contributed by atoms with Crippen LogP contribution in [0.15, 0.2) is 40.8 Å². The second-order valence-electron chi connectivity index (χ2n) is 9.04. The van der Waals surface area contributed by atoms with Gasteiger partial charge in [-0.05, 0) is 54.2 Å². The molecule has 0 atom stereocenters. The summed E-state index contributed by atoms with van der Waals surface area (Å²) < 4.78 is 16.6. The smallest absolute Gasteiger partial charge is 0.341 e. The number of rotatable bonds is 9. The van der Waals surface area contributed by atoms with Crippen LogP contribution in [0.5, 0.6) is 5.75 Å². The molecule has 0 unspecified atom stereocenters. The lowest BCUT2D eigenvalue weighted by Crippen LogP contribution is -2.15. The number of amides is 2. The summed E-state index contributed by atoms with van der Waals surface area (Å²) in [6.07, 6.45) is 0.636. The quantitative estimate of drug-likeness (QED) is 0.379. The van der Waals surface area contributed by atoms with E-state index in [4.69, 9.17) is 19.6 Å². The molecule has 0 bridgehead atoms. The highest BCUT2D eigenvalue weighted by molar-refractivity contribution is 7.18. The molecule has 35 heavy (non-hydrogen) atoms. The molecule has 1 aromatic carbocycles. The van der Waals surface area contributed by atoms with Crippen LogP contribution < -0.4 is 15.8 Å². The fraction of sp³-hybridized carbons (Fsp3) is 0.346. The first-order valence-corrected chi connectivity index (χ1v) is 12.1. The number of hydrogen-bond acceptors (Lipinski definition) is 7. The SMILES string of the molecule is CCCOC(=O)c1c(NC(=O)c2ccc(COc3ccc(C(C)(C)C)cc3)o2)sc(C(N)=O)c1C. The minimum Gasteiger partial charge on any atom is -0.486 e. The Morgan fingerprint density at radius 3 is 2.37 bits per heavy atom. The van der Waals surface area contributed by atoms with Gasteiger partial charge >= 0.3 is 5.97 Å². The van der Waals surface area contributed by atoms with Crippen LogP contribution in [0.4, 0.5) is 5.00 Å². The standard InChI is InChI=1S/C26H30N2O6S/c1-6-13-32-25(31)20-15(2)21(22(27)29)35-24(20)28-23(30)19-12-11-18(34-19)14-33-17-9-7-16(8-10-17)26(3,4)5/h7-12H,6,13-14H2,1-5H3,(H2,27,29)(H,28,30). The van der Waals surface area contributed by atoms with Crippen LogP contribution in [0.1, 0.15) is 81.6 Å². The first kappa shape index (κ1) is 26.0. The number of nitrogens with one attached hydrogen (secondary N) is 1. The van der Waals surface area contributed by atoms with Crippen molar-refractivity contribution in [2.45, 2.75) is 53.1 Å². The van der Waals surface area contributed by atoms with E-state index in [0.29, 0.717) is 23.5 Å². The molecule has 0 saturated carbocycles. The molecule has 0 aliphatic carbocycles. The van der Waals surface area contributed by atoms with Crippen molar-refractivity contribution in [3.63, 3.8) is 0 Å². The van der Waals surface area contributed by atoms with E-state index in [9.17, 15) is 14.4 Å². The Morgan fingerprint density at radius 1 is 1.09 bits per heavy atom. The second kappa shape index (κ2) is 10.8. The number of anilines is 1. The topological polar surface area (TPSA) is 121 Å². The van der Waals surface area contributed by atoms with Gasteiger partial charge in [0.1, 0.15) is 23.1 Å². The minimum atomic E-state index is -0.689. The Kier molecular flexibility index (Phi) is 8.01. The largest absolute Gasteiger partial charge is 0.486 e. The van der Waals surface area contributed by atoms with Gasteiger partial charge in [0.15, 0.2) is 5.76 Å². The number of carbonyl (C=O) groups excluding carboxylic acids is 3. The lowest BCUT2D eigenvalue weighted by molar-refractivity contribution is 0.0506. The van der Waals surface area contributed by atoms with Gasteiger partial charge < -0.3 is 24.9 Å². The third kappa shape index (κ3) is 6.30. The average Bonchev–Trinajstić information content (AvgIpc) is 3.40. The third-order valence-corrected chi connectivity index (χ3v) is 6.45. The van der Waals surface area contributed by atoms with Crippen LogP contribution in [-0.2, 0) is 16.8 Å². The summed E-state index contributed by atoms with van der Waals surface area (Å²) in [4.78, 5) is 37.3. The van der Waals surface area contributed by atoms with E-state index in [0.717, 1.165) is 11.3 Å². The Hall–Kier alpha value is -3.59. The molecule has 9 heteroatoms. The summed E-state index contributed by atoms with van der Waals surface area (Å²) in [6, 6.07) is 11.0. The highest BCUT2D eigenvalue weighted by Gasteiger charge is 2.26. The fourth-order valence-electron chi connectivity index (χ4n) is 3.30. The molecule has 0 aliphatic heterocycles. The molecule has 8 nitrogen and oxygen atoms in total. The molecule has 186 valence electrons. The van der Waals surface area contributed by atoms with Gasteiger partial charge in [0.25, 0.3) is 11.8 Å². The van der Waals surface area contributed by atoms with Crippen molar-refractivity contribution in [3.8, 4) is 5.75 Å². The van der Waals surface area contributed by atoms with E-state index in [2.05, 4.69) is 26.1 Å². The number of thiophene rings is 1. The highest BCUT2D eigenvalue weighted by Crippen LogP contribution is 2.34. The molecule has 0 spiro atoms. The molecule has 0 radical (unpaired) electrons. The van der Waals surface area contributed by atoms with Crippen molar-refractivity contribution in [2.75, 3.05) is 11.9 Å². The van der Waals surface area contributed by atoms with Gasteiger partial charge in [-0.25, -0.2) is 4.79 Å². The van der Waals surface area contributed by atoms with E-state index < -0.39 is 17.8 Å². The van der Waals surface area contributed by atoms with Gasteiger partial charge in [-0.3, -0.25) is 9.59 Å². The number of carbonyl (C=O) groups is 3. The molecule has 0 fully saturated rings. The average molecular weight is 499 g/mol. The third-order valence-electron chi connectivity index (χ3n) is 5.23. The normalized spacial score (nSPS) is 11.2. The van der Waals surface area contributed by atoms with Crippen molar-refractivity contribution in [2.24, 2.45) is 5.73 Å². The van der Waals surface area contributed by atoms with Gasteiger partial charge in [0.05, 0.1) is 17.0 Å². The highest BCUT2D eigenvalue weighted by atomic mass is 32.1. The van der Waals surface area contributed by atoms with Crippen LogP contribution in [0.3, 0.4) is 0 Å². The fourth-order valence-corrected chi connectivity index (χ4v) is 4.34. The molecule has 0 saturated heterocycles. The van der Waals surface area contributed by atoms with Gasteiger partial charge in [-0.1, -0.05) is 39.8 Å². The van der Waals surface area contributed by atoms with Crippen LogP contribution in [0, 0.1) is 6.92 Å². The summed E-state index contributed by atoms with van der Waals surface area (Å²) in [6.45, 7) is 10.2. The van der Waals surface area contributed by atoms with Crippen molar-refractivity contribution in [1.82, 2.24) is 0 Å². The zero-order valence-corrected chi connectivity index (χ0v) is 21.3. The molecular weight excluding hydrogens is 468 g/mol. The summed E-state index contributed by atoms with van der Waals surface area (Å²) in [7, 11) is 0. The summed E-state index contributed by atoms with van der Waals surface area (Å²) in [5.74, 6) is -0.722. The zero-order valence-electron chi connectivity index (χ0n) is 20.5. The maximum Gasteiger partial charge on any atom is 0.341 e. The van der Waals surface area contributed by atoms with E-state index in [1.807, 2.05) is 31.2 Å². The van der Waals surface area contributed by atoms with Crippen LogP contribution in [0.25, 0.3) is 0 Å². The Bertz CT molecular complexity index is 1220. The molecule has 3 N–H and O–H groups in total. The zero-order chi connectivity index (χ0) is 25.8. The van der Waals surface area contributed by atoms with E-state index in [1.54, 1.807) is 13.0 Å². The van der Waals surface area contributed by atoms with Crippen molar-refractivity contribution in [1.29, 1.82) is 0 Å². The molecule has 0 aliphatic rings. The monoisotopic (exact) mass is 498 g/mol. The van der Waals surface area contributed by atoms with Gasteiger partial charge in [-0.2, -0.15) is 0 Å². The minimum absolute atomic E-state index is 0.0336. The maximum atomic E-state index is 12.8. The number of benzene rings is 1. The van der Waals surface area contributed by atoms with Crippen LogP contribution in [0.2, 0.25) is 0 Å². The number of ether oxygens (including phenoxy) is 2. The van der Waals surface area contributed by atoms with Crippen molar-refractivity contribution >= 4 is 34.1 Å². The van der Waals surface area contributed by atoms with Crippen LogP contribution in [-0.4, -0.2) is 24.4 Å². The van der Waals surface area contributed by atoms with E-state index in [1.165, 1.54) is 11.6 Å². The van der Waals surface area contributed by atoms with E-state index in [-0.39, 0.29) is 39.8 Å². The Labute approximate surface area is 208 Å². The van der Waals surface area contributed by atoms with Crippen molar-refractivity contribution < 1.29 is 28.3 Å². The molecule has 2 heterocycles. The molecular formula is C26H30N2O6S. The first-order valence-electron chi connectivity index (χ1n) is 11.2. The summed E-state index contributed by atoms with van der Waals surface area (Å²) in [5, 5.41) is 2.82. The number of esters is 1. The van der Waals surface area contributed by atoms with Crippen LogP contribution >= 0.6 is 11.3 Å². The molecule has 3 aromatic rings. The Morgan fingerprint density at radius 2 is 1.77 bits per heavy atom. The predicted molar refractivity (Wildman–Crippen MR) is 134 cm³/mol. The van der Waals surface area contributed by atoms with Gasteiger partial charge in [-0.15, -0.1) is 11.3 Å². The summed E-state index contributed by atoms with van der Waals surface area (Å²) >= 11 is 0.922.